The van der Waals surface area contributed by atoms with Gasteiger partial charge in [-0.1, -0.05) is 23.9 Å². The quantitative estimate of drug-likeness (QED) is 0.340. The Morgan fingerprint density at radius 1 is 1.15 bits per heavy atom. The fraction of sp³-hybridized carbons (Fsp3) is 0.458. The number of rotatable bonds is 11. The van der Waals surface area contributed by atoms with Crippen LogP contribution in [-0.2, 0) is 9.53 Å². The Kier molecular flexibility index (Phi) is 8.57. The van der Waals surface area contributed by atoms with E-state index in [2.05, 4.69) is 39.5 Å². The molecule has 3 heterocycles. The van der Waals surface area contributed by atoms with E-state index in [0.29, 0.717) is 24.6 Å². The maximum absolute atomic E-state index is 12.1. The third-order valence-corrected chi connectivity index (χ3v) is 6.53. The molecule has 176 valence electrons. The van der Waals surface area contributed by atoms with Crippen LogP contribution >= 0.6 is 11.8 Å². The SMILES string of the molecule is Cc1cccc(-n2c(SCCCCC(=O)NCCN3CCOCC3)nnc2-c2ccco2)c1. The van der Waals surface area contributed by atoms with Crippen LogP contribution in [0.25, 0.3) is 17.3 Å². The molecule has 0 saturated carbocycles. The van der Waals surface area contributed by atoms with Crippen LogP contribution in [0.5, 0.6) is 0 Å². The van der Waals surface area contributed by atoms with Crippen molar-refractivity contribution in [3.63, 3.8) is 0 Å². The van der Waals surface area contributed by atoms with Crippen LogP contribution < -0.4 is 5.32 Å². The number of carbonyl (C=O) groups excluding carboxylic acids is 1. The van der Waals surface area contributed by atoms with Crippen molar-refractivity contribution in [2.24, 2.45) is 0 Å². The number of aromatic nitrogens is 3. The summed E-state index contributed by atoms with van der Waals surface area (Å²) in [6.45, 7) is 7.11. The molecule has 4 rings (SSSR count). The summed E-state index contributed by atoms with van der Waals surface area (Å²) in [5, 5.41) is 12.7. The van der Waals surface area contributed by atoms with Crippen molar-refractivity contribution in [3.8, 4) is 17.3 Å². The zero-order valence-electron chi connectivity index (χ0n) is 19.0. The van der Waals surface area contributed by atoms with Gasteiger partial charge in [-0.25, -0.2) is 0 Å². The van der Waals surface area contributed by atoms with E-state index in [1.807, 2.05) is 28.8 Å². The molecule has 1 aromatic carbocycles. The summed E-state index contributed by atoms with van der Waals surface area (Å²) in [7, 11) is 0. The molecule has 0 unspecified atom stereocenters. The summed E-state index contributed by atoms with van der Waals surface area (Å²) in [4.78, 5) is 14.4. The Morgan fingerprint density at radius 2 is 2.03 bits per heavy atom. The summed E-state index contributed by atoms with van der Waals surface area (Å²) < 4.78 is 13.0. The summed E-state index contributed by atoms with van der Waals surface area (Å²) in [6, 6.07) is 12.0. The van der Waals surface area contributed by atoms with Crippen LogP contribution in [0.3, 0.4) is 0 Å². The third kappa shape index (κ3) is 6.69. The lowest BCUT2D eigenvalue weighted by molar-refractivity contribution is -0.121. The van der Waals surface area contributed by atoms with E-state index in [9.17, 15) is 4.79 Å². The number of thioether (sulfide) groups is 1. The Morgan fingerprint density at radius 3 is 2.82 bits per heavy atom. The second-order valence-corrected chi connectivity index (χ2v) is 9.13. The number of hydrogen-bond acceptors (Lipinski definition) is 7. The molecule has 1 aliphatic heterocycles. The maximum Gasteiger partial charge on any atom is 0.220 e. The molecule has 3 aromatic rings. The van der Waals surface area contributed by atoms with E-state index in [1.54, 1.807) is 18.0 Å². The number of nitrogens with zero attached hydrogens (tertiary/aromatic N) is 4. The number of ether oxygens (including phenoxy) is 1. The molecule has 0 spiro atoms. The van der Waals surface area contributed by atoms with Gasteiger partial charge < -0.3 is 14.5 Å². The Hall–Kier alpha value is -2.62. The van der Waals surface area contributed by atoms with Gasteiger partial charge in [0.1, 0.15) is 0 Å². The van der Waals surface area contributed by atoms with E-state index in [1.165, 1.54) is 5.56 Å². The monoisotopic (exact) mass is 469 g/mol. The van der Waals surface area contributed by atoms with E-state index < -0.39 is 0 Å². The Balaban J connectivity index is 1.25. The molecule has 0 radical (unpaired) electrons. The molecule has 1 saturated heterocycles. The topological polar surface area (TPSA) is 85.4 Å². The molecular weight excluding hydrogens is 438 g/mol. The average Bonchev–Trinajstić information content (AvgIpc) is 3.49. The highest BCUT2D eigenvalue weighted by atomic mass is 32.2. The summed E-state index contributed by atoms with van der Waals surface area (Å²) in [6.07, 6.45) is 3.97. The summed E-state index contributed by atoms with van der Waals surface area (Å²) >= 11 is 1.65. The van der Waals surface area contributed by atoms with Gasteiger partial charge in [0.25, 0.3) is 0 Å². The molecule has 9 heteroatoms. The molecule has 33 heavy (non-hydrogen) atoms. The number of nitrogens with one attached hydrogen (secondary N) is 1. The Bertz CT molecular complexity index is 1020. The number of furan rings is 1. The third-order valence-electron chi connectivity index (χ3n) is 5.52. The number of amides is 1. The van der Waals surface area contributed by atoms with E-state index in [0.717, 1.165) is 62.3 Å². The molecule has 0 aliphatic carbocycles. The normalized spacial score (nSPS) is 14.5. The molecule has 1 N–H and O–H groups in total. The van der Waals surface area contributed by atoms with Gasteiger partial charge in [-0.05, 0) is 49.6 Å². The van der Waals surface area contributed by atoms with Gasteiger partial charge in [0.15, 0.2) is 10.9 Å². The lowest BCUT2D eigenvalue weighted by Gasteiger charge is -2.26. The molecular formula is C24H31N5O3S. The van der Waals surface area contributed by atoms with Crippen molar-refractivity contribution in [2.75, 3.05) is 45.1 Å². The number of unbranched alkanes of at least 4 members (excludes halogenated alkanes) is 1. The second-order valence-electron chi connectivity index (χ2n) is 8.07. The predicted molar refractivity (Wildman–Crippen MR) is 129 cm³/mol. The first-order valence-electron chi connectivity index (χ1n) is 11.5. The summed E-state index contributed by atoms with van der Waals surface area (Å²) in [5.74, 6) is 2.36. The van der Waals surface area contributed by atoms with Gasteiger partial charge in [-0.3, -0.25) is 14.3 Å². The zero-order chi connectivity index (χ0) is 22.9. The maximum atomic E-state index is 12.1. The number of benzene rings is 1. The standard InChI is InChI=1S/C24H31N5O3S/c1-19-6-4-7-20(18-19)29-23(21-8-5-14-32-21)26-27-24(29)33-17-3-2-9-22(30)25-10-11-28-12-15-31-16-13-28/h4-8,14,18H,2-3,9-13,15-17H2,1H3,(H,25,30). The number of carbonyl (C=O) groups is 1. The van der Waals surface area contributed by atoms with Crippen molar-refractivity contribution in [3.05, 3.63) is 48.2 Å². The highest BCUT2D eigenvalue weighted by Crippen LogP contribution is 2.29. The molecule has 0 bridgehead atoms. The molecule has 1 amide bonds. The van der Waals surface area contributed by atoms with Gasteiger partial charge in [0.2, 0.25) is 11.7 Å². The van der Waals surface area contributed by atoms with Crippen molar-refractivity contribution < 1.29 is 13.9 Å². The first-order valence-corrected chi connectivity index (χ1v) is 12.5. The predicted octanol–water partition coefficient (Wildman–Crippen LogP) is 3.55. The van der Waals surface area contributed by atoms with Crippen LogP contribution in [-0.4, -0.2) is 70.7 Å². The first-order chi connectivity index (χ1) is 16.2. The highest BCUT2D eigenvalue weighted by molar-refractivity contribution is 7.99. The molecule has 8 nitrogen and oxygen atoms in total. The van der Waals surface area contributed by atoms with Crippen LogP contribution in [0, 0.1) is 6.92 Å². The summed E-state index contributed by atoms with van der Waals surface area (Å²) in [5.41, 5.74) is 2.18. The van der Waals surface area contributed by atoms with Crippen molar-refractivity contribution in [1.82, 2.24) is 25.0 Å². The van der Waals surface area contributed by atoms with E-state index in [4.69, 9.17) is 9.15 Å². The zero-order valence-corrected chi connectivity index (χ0v) is 19.9. The fourth-order valence-electron chi connectivity index (χ4n) is 3.75. The van der Waals surface area contributed by atoms with Crippen molar-refractivity contribution >= 4 is 17.7 Å². The van der Waals surface area contributed by atoms with Crippen LogP contribution in [0.4, 0.5) is 0 Å². The van der Waals surface area contributed by atoms with Gasteiger partial charge in [-0.2, -0.15) is 0 Å². The number of morpholine rings is 1. The van der Waals surface area contributed by atoms with Crippen LogP contribution in [0.1, 0.15) is 24.8 Å². The smallest absolute Gasteiger partial charge is 0.220 e. The Labute approximate surface area is 198 Å². The number of aryl methyl sites for hydroxylation is 1. The van der Waals surface area contributed by atoms with E-state index >= 15 is 0 Å². The minimum atomic E-state index is 0.122. The molecule has 1 aliphatic rings. The van der Waals surface area contributed by atoms with Gasteiger partial charge >= 0.3 is 0 Å². The van der Waals surface area contributed by atoms with Gasteiger partial charge in [0.05, 0.1) is 25.2 Å². The van der Waals surface area contributed by atoms with Crippen LogP contribution in [0.15, 0.2) is 52.2 Å². The second kappa shape index (κ2) is 12.0. The van der Waals surface area contributed by atoms with Gasteiger partial charge in [0, 0.05) is 38.4 Å². The van der Waals surface area contributed by atoms with E-state index in [-0.39, 0.29) is 5.91 Å². The van der Waals surface area contributed by atoms with Crippen molar-refractivity contribution in [2.45, 2.75) is 31.3 Å². The first kappa shape index (κ1) is 23.5. The minimum absolute atomic E-state index is 0.122. The average molecular weight is 470 g/mol. The van der Waals surface area contributed by atoms with Crippen molar-refractivity contribution in [1.29, 1.82) is 0 Å². The highest BCUT2D eigenvalue weighted by Gasteiger charge is 2.18. The lowest BCUT2D eigenvalue weighted by atomic mass is 10.2. The molecule has 0 atom stereocenters. The minimum Gasteiger partial charge on any atom is -0.461 e. The molecule has 1 fully saturated rings. The molecule has 2 aromatic heterocycles. The number of hydrogen-bond donors (Lipinski definition) is 1. The van der Waals surface area contributed by atoms with Crippen LogP contribution in [0.2, 0.25) is 0 Å². The van der Waals surface area contributed by atoms with Gasteiger partial charge in [-0.15, -0.1) is 10.2 Å². The largest absolute Gasteiger partial charge is 0.461 e. The lowest BCUT2D eigenvalue weighted by Crippen LogP contribution is -2.41. The fourth-order valence-corrected chi connectivity index (χ4v) is 4.70.